The van der Waals surface area contributed by atoms with Crippen molar-refractivity contribution in [1.82, 2.24) is 20.2 Å². The first-order valence-electron chi connectivity index (χ1n) is 7.40. The van der Waals surface area contributed by atoms with E-state index in [0.717, 1.165) is 24.4 Å². The van der Waals surface area contributed by atoms with Crippen LogP contribution in [-0.2, 0) is 11.3 Å². The third-order valence-corrected chi connectivity index (χ3v) is 4.16. The fraction of sp³-hybridized carbons (Fsp3) is 0.533. The molecule has 22 heavy (non-hydrogen) atoms. The standard InChI is InChI=1S/C15H20N4O3/c1-9-6-13(11(3)19(9)12-4-5-21-8-12)15(20)16-7-14-10(2)17-22-18-14/h6,12H,4-5,7-8H2,1-3H3,(H,16,20). The van der Waals surface area contributed by atoms with Crippen LogP contribution in [0.2, 0.25) is 0 Å². The summed E-state index contributed by atoms with van der Waals surface area (Å²) in [5.74, 6) is -0.110. The Bertz CT molecular complexity index is 683. The van der Waals surface area contributed by atoms with Crippen LogP contribution < -0.4 is 5.32 Å². The summed E-state index contributed by atoms with van der Waals surface area (Å²) in [5, 5.41) is 10.3. The van der Waals surface area contributed by atoms with Gasteiger partial charge in [0.1, 0.15) is 11.4 Å². The lowest BCUT2D eigenvalue weighted by Crippen LogP contribution is -2.24. The van der Waals surface area contributed by atoms with Gasteiger partial charge in [-0.25, -0.2) is 4.63 Å². The van der Waals surface area contributed by atoms with Crippen LogP contribution in [0.25, 0.3) is 0 Å². The van der Waals surface area contributed by atoms with Crippen LogP contribution >= 0.6 is 0 Å². The van der Waals surface area contributed by atoms with Crippen LogP contribution in [0.5, 0.6) is 0 Å². The Kier molecular flexibility index (Phi) is 3.98. The maximum absolute atomic E-state index is 12.4. The molecule has 7 heteroatoms. The lowest BCUT2D eigenvalue weighted by molar-refractivity contribution is 0.0949. The van der Waals surface area contributed by atoms with Crippen LogP contribution in [-0.4, -0.2) is 34.0 Å². The van der Waals surface area contributed by atoms with Crippen LogP contribution in [0, 0.1) is 20.8 Å². The Hall–Kier alpha value is -2.15. The molecule has 0 spiro atoms. The molecule has 3 heterocycles. The number of aryl methyl sites for hydroxylation is 2. The van der Waals surface area contributed by atoms with E-state index < -0.39 is 0 Å². The zero-order chi connectivity index (χ0) is 15.7. The molecule has 0 bridgehead atoms. The van der Waals surface area contributed by atoms with Gasteiger partial charge in [0.2, 0.25) is 0 Å². The first kappa shape index (κ1) is 14.8. The quantitative estimate of drug-likeness (QED) is 0.929. The second-order valence-electron chi connectivity index (χ2n) is 5.65. The van der Waals surface area contributed by atoms with E-state index in [1.807, 2.05) is 19.9 Å². The van der Waals surface area contributed by atoms with Crippen molar-refractivity contribution >= 4 is 5.91 Å². The molecule has 0 aromatic carbocycles. The summed E-state index contributed by atoms with van der Waals surface area (Å²) in [6.07, 6.45) is 0.987. The van der Waals surface area contributed by atoms with Crippen LogP contribution in [0.1, 0.15) is 45.6 Å². The van der Waals surface area contributed by atoms with Crippen molar-refractivity contribution in [2.75, 3.05) is 13.2 Å². The van der Waals surface area contributed by atoms with Crippen molar-refractivity contribution in [1.29, 1.82) is 0 Å². The number of ether oxygens (including phenoxy) is 1. The Morgan fingerprint density at radius 2 is 2.23 bits per heavy atom. The minimum atomic E-state index is -0.110. The van der Waals surface area contributed by atoms with Gasteiger partial charge in [0.25, 0.3) is 5.91 Å². The van der Waals surface area contributed by atoms with Crippen molar-refractivity contribution in [3.05, 3.63) is 34.4 Å². The molecule has 1 unspecified atom stereocenters. The van der Waals surface area contributed by atoms with E-state index in [0.29, 0.717) is 36.1 Å². The van der Waals surface area contributed by atoms with Gasteiger partial charge < -0.3 is 14.6 Å². The molecule has 118 valence electrons. The van der Waals surface area contributed by atoms with Crippen molar-refractivity contribution in [3.8, 4) is 0 Å². The number of hydrogen-bond donors (Lipinski definition) is 1. The van der Waals surface area contributed by atoms with E-state index >= 15 is 0 Å². The highest BCUT2D eigenvalue weighted by Crippen LogP contribution is 2.26. The fourth-order valence-electron chi connectivity index (χ4n) is 2.96. The summed E-state index contributed by atoms with van der Waals surface area (Å²) >= 11 is 0. The van der Waals surface area contributed by atoms with Gasteiger partial charge in [-0.15, -0.1) is 0 Å². The van der Waals surface area contributed by atoms with E-state index in [1.165, 1.54) is 0 Å². The van der Waals surface area contributed by atoms with E-state index in [-0.39, 0.29) is 5.91 Å². The molecule has 1 aliphatic rings. The van der Waals surface area contributed by atoms with E-state index in [9.17, 15) is 4.79 Å². The number of carbonyl (C=O) groups is 1. The molecular formula is C15H20N4O3. The minimum absolute atomic E-state index is 0.110. The Labute approximate surface area is 128 Å². The number of nitrogens with one attached hydrogen (secondary N) is 1. The van der Waals surface area contributed by atoms with Gasteiger partial charge in [0.05, 0.1) is 24.8 Å². The Balaban J connectivity index is 1.75. The SMILES string of the molecule is Cc1nonc1CNC(=O)c1cc(C)n(C2CCOC2)c1C. The normalized spacial score (nSPS) is 17.9. The molecule has 2 aromatic rings. The first-order valence-corrected chi connectivity index (χ1v) is 7.40. The highest BCUT2D eigenvalue weighted by molar-refractivity contribution is 5.95. The number of rotatable bonds is 4. The summed E-state index contributed by atoms with van der Waals surface area (Å²) in [4.78, 5) is 12.4. The van der Waals surface area contributed by atoms with Gasteiger partial charge in [0, 0.05) is 18.0 Å². The highest BCUT2D eigenvalue weighted by atomic mass is 16.6. The first-order chi connectivity index (χ1) is 10.6. The monoisotopic (exact) mass is 304 g/mol. The van der Waals surface area contributed by atoms with E-state index in [4.69, 9.17) is 4.74 Å². The predicted molar refractivity (Wildman–Crippen MR) is 78.6 cm³/mol. The van der Waals surface area contributed by atoms with E-state index in [2.05, 4.69) is 24.8 Å². The maximum Gasteiger partial charge on any atom is 0.253 e. The average Bonchev–Trinajstić information content (AvgIpc) is 3.18. The minimum Gasteiger partial charge on any atom is -0.379 e. The van der Waals surface area contributed by atoms with Gasteiger partial charge in [-0.1, -0.05) is 10.3 Å². The fourth-order valence-corrected chi connectivity index (χ4v) is 2.96. The van der Waals surface area contributed by atoms with Crippen molar-refractivity contribution < 1.29 is 14.2 Å². The van der Waals surface area contributed by atoms with Gasteiger partial charge in [-0.2, -0.15) is 0 Å². The zero-order valence-electron chi connectivity index (χ0n) is 13.0. The molecule has 1 aliphatic heterocycles. The molecule has 0 saturated carbocycles. The second kappa shape index (κ2) is 5.92. The number of amides is 1. The Morgan fingerprint density at radius 3 is 2.86 bits per heavy atom. The molecule has 7 nitrogen and oxygen atoms in total. The maximum atomic E-state index is 12.4. The van der Waals surface area contributed by atoms with Crippen molar-refractivity contribution in [2.24, 2.45) is 0 Å². The third-order valence-electron chi connectivity index (χ3n) is 4.16. The smallest absolute Gasteiger partial charge is 0.253 e. The molecule has 1 saturated heterocycles. The summed E-state index contributed by atoms with van der Waals surface area (Å²) < 4.78 is 12.3. The van der Waals surface area contributed by atoms with Gasteiger partial charge in [-0.05, 0) is 33.3 Å². The zero-order valence-corrected chi connectivity index (χ0v) is 13.0. The third kappa shape index (κ3) is 2.64. The average molecular weight is 304 g/mol. The van der Waals surface area contributed by atoms with Crippen LogP contribution in [0.4, 0.5) is 0 Å². The molecular weight excluding hydrogens is 284 g/mol. The number of nitrogens with zero attached hydrogens (tertiary/aromatic N) is 3. The summed E-state index contributed by atoms with van der Waals surface area (Å²) in [6.45, 7) is 7.59. The second-order valence-corrected chi connectivity index (χ2v) is 5.65. The van der Waals surface area contributed by atoms with Gasteiger partial charge in [-0.3, -0.25) is 4.79 Å². The summed E-state index contributed by atoms with van der Waals surface area (Å²) in [5.41, 5.74) is 4.08. The van der Waals surface area contributed by atoms with E-state index in [1.54, 1.807) is 6.92 Å². The molecule has 1 atom stereocenters. The van der Waals surface area contributed by atoms with Crippen LogP contribution in [0.15, 0.2) is 10.7 Å². The molecule has 1 amide bonds. The molecule has 3 rings (SSSR count). The molecule has 2 aromatic heterocycles. The van der Waals surface area contributed by atoms with Crippen LogP contribution in [0.3, 0.4) is 0 Å². The lowest BCUT2D eigenvalue weighted by Gasteiger charge is -2.16. The summed E-state index contributed by atoms with van der Waals surface area (Å²) in [6, 6.07) is 2.25. The number of carbonyl (C=O) groups excluding carboxylic acids is 1. The lowest BCUT2D eigenvalue weighted by atomic mass is 10.2. The molecule has 1 N–H and O–H groups in total. The molecule has 0 radical (unpaired) electrons. The topological polar surface area (TPSA) is 82.2 Å². The summed E-state index contributed by atoms with van der Waals surface area (Å²) in [7, 11) is 0. The highest BCUT2D eigenvalue weighted by Gasteiger charge is 2.24. The molecule has 0 aliphatic carbocycles. The van der Waals surface area contributed by atoms with Gasteiger partial charge in [0.15, 0.2) is 0 Å². The molecule has 1 fully saturated rings. The van der Waals surface area contributed by atoms with Gasteiger partial charge >= 0.3 is 0 Å². The Morgan fingerprint density at radius 1 is 1.41 bits per heavy atom. The predicted octanol–water partition coefficient (Wildman–Crippen LogP) is 1.69. The largest absolute Gasteiger partial charge is 0.379 e. The van der Waals surface area contributed by atoms with Crippen molar-refractivity contribution in [3.63, 3.8) is 0 Å². The number of aromatic nitrogens is 3. The van der Waals surface area contributed by atoms with Crippen molar-refractivity contribution in [2.45, 2.75) is 39.8 Å². The number of hydrogen-bond acceptors (Lipinski definition) is 5.